The molecule has 3 heteroatoms. The number of nitrogens with two attached hydrogens (primary N) is 1. The highest BCUT2D eigenvalue weighted by atomic mass is 15.1. The molecule has 2 N–H and O–H groups in total. The van der Waals surface area contributed by atoms with Gasteiger partial charge in [-0.1, -0.05) is 13.8 Å². The Hall–Kier alpha value is -0.800. The van der Waals surface area contributed by atoms with Crippen LogP contribution >= 0.6 is 0 Å². The van der Waals surface area contributed by atoms with Crippen LogP contribution in [0.15, 0.2) is 12.3 Å². The number of aromatic nitrogens is 1. The Morgan fingerprint density at radius 1 is 1.45 bits per heavy atom. The lowest BCUT2D eigenvalue weighted by Gasteiger charge is -2.34. The van der Waals surface area contributed by atoms with Crippen molar-refractivity contribution >= 4 is 0 Å². The molecule has 0 bridgehead atoms. The maximum Gasteiger partial charge on any atom is 0.0318 e. The largest absolute Gasteiger partial charge is 0.351 e. The Bertz CT molecular complexity index is 445. The van der Waals surface area contributed by atoms with Gasteiger partial charge in [0.1, 0.15) is 0 Å². The molecule has 114 valence electrons. The van der Waals surface area contributed by atoms with Crippen LogP contribution in [0.25, 0.3) is 0 Å². The summed E-state index contributed by atoms with van der Waals surface area (Å²) in [6, 6.07) is 3.08. The zero-order chi connectivity index (χ0) is 14.9. The molecule has 1 unspecified atom stereocenters. The van der Waals surface area contributed by atoms with Crippen molar-refractivity contribution in [2.24, 2.45) is 11.1 Å². The zero-order valence-electron chi connectivity index (χ0n) is 13.8. The molecule has 0 saturated heterocycles. The van der Waals surface area contributed by atoms with Crippen LogP contribution in [-0.2, 0) is 13.0 Å². The Kier molecular flexibility index (Phi) is 4.60. The van der Waals surface area contributed by atoms with Gasteiger partial charge in [-0.25, -0.2) is 0 Å². The molecule has 2 rings (SSSR count). The molecule has 0 amide bonds. The van der Waals surface area contributed by atoms with E-state index in [1.807, 2.05) is 0 Å². The van der Waals surface area contributed by atoms with Crippen LogP contribution in [0.2, 0.25) is 0 Å². The molecule has 20 heavy (non-hydrogen) atoms. The number of aryl methyl sites for hydroxylation is 1. The minimum Gasteiger partial charge on any atom is -0.351 e. The van der Waals surface area contributed by atoms with Crippen molar-refractivity contribution in [1.82, 2.24) is 9.47 Å². The Balaban J connectivity index is 2.01. The van der Waals surface area contributed by atoms with E-state index >= 15 is 0 Å². The van der Waals surface area contributed by atoms with Gasteiger partial charge in [0, 0.05) is 30.5 Å². The first-order valence-electron chi connectivity index (χ1n) is 7.94. The van der Waals surface area contributed by atoms with Crippen molar-refractivity contribution in [3.63, 3.8) is 0 Å². The normalized spacial score (nSPS) is 21.5. The third-order valence-corrected chi connectivity index (χ3v) is 4.72. The van der Waals surface area contributed by atoms with Gasteiger partial charge in [-0.2, -0.15) is 0 Å². The van der Waals surface area contributed by atoms with Gasteiger partial charge in [-0.05, 0) is 63.7 Å². The van der Waals surface area contributed by atoms with Crippen LogP contribution in [0.3, 0.4) is 0 Å². The van der Waals surface area contributed by atoms with E-state index in [1.165, 1.54) is 17.7 Å². The lowest BCUT2D eigenvalue weighted by molar-refractivity contribution is 0.259. The highest BCUT2D eigenvalue weighted by Crippen LogP contribution is 2.39. The molecule has 0 aromatic carbocycles. The van der Waals surface area contributed by atoms with Crippen LogP contribution in [-0.4, -0.2) is 29.1 Å². The molecule has 1 aliphatic rings. The number of nitrogens with zero attached hydrogens (tertiary/aromatic N) is 2. The summed E-state index contributed by atoms with van der Waals surface area (Å²) in [7, 11) is 2.20. The molecular weight excluding hydrogens is 246 g/mol. The summed E-state index contributed by atoms with van der Waals surface area (Å²) in [5.41, 5.74) is 9.51. The quantitative estimate of drug-likeness (QED) is 0.897. The van der Waals surface area contributed by atoms with Crippen LogP contribution in [0.1, 0.15) is 57.8 Å². The first kappa shape index (κ1) is 15.6. The fourth-order valence-corrected chi connectivity index (χ4v) is 3.25. The van der Waals surface area contributed by atoms with E-state index in [4.69, 9.17) is 5.73 Å². The molecule has 1 aromatic heterocycles. The van der Waals surface area contributed by atoms with Gasteiger partial charge < -0.3 is 15.2 Å². The van der Waals surface area contributed by atoms with E-state index in [1.54, 1.807) is 0 Å². The van der Waals surface area contributed by atoms with Crippen molar-refractivity contribution in [2.75, 3.05) is 13.6 Å². The summed E-state index contributed by atoms with van der Waals surface area (Å²) in [5.74, 6) is 0. The number of hydrogen-bond acceptors (Lipinski definition) is 2. The average molecular weight is 277 g/mol. The average Bonchev–Trinajstić information content (AvgIpc) is 2.70. The van der Waals surface area contributed by atoms with Crippen molar-refractivity contribution in [3.05, 3.63) is 23.5 Å². The van der Waals surface area contributed by atoms with Crippen molar-refractivity contribution < 1.29 is 0 Å². The molecule has 0 radical (unpaired) electrons. The van der Waals surface area contributed by atoms with Gasteiger partial charge in [0.25, 0.3) is 0 Å². The van der Waals surface area contributed by atoms with Gasteiger partial charge in [-0.15, -0.1) is 0 Å². The lowest BCUT2D eigenvalue weighted by atomic mass is 9.74. The predicted molar refractivity (Wildman–Crippen MR) is 85.8 cm³/mol. The first-order chi connectivity index (χ1) is 9.30. The van der Waals surface area contributed by atoms with E-state index in [-0.39, 0.29) is 6.04 Å². The molecule has 0 aliphatic heterocycles. The topological polar surface area (TPSA) is 34.2 Å². The second-order valence-corrected chi connectivity index (χ2v) is 7.49. The molecule has 3 nitrogen and oxygen atoms in total. The van der Waals surface area contributed by atoms with Crippen LogP contribution in [0.4, 0.5) is 0 Å². The third-order valence-electron chi connectivity index (χ3n) is 4.72. The van der Waals surface area contributed by atoms with Crippen LogP contribution in [0.5, 0.6) is 0 Å². The second kappa shape index (κ2) is 5.90. The maximum absolute atomic E-state index is 6.33. The fraction of sp³-hybridized carbons (Fsp3) is 0.765. The van der Waals surface area contributed by atoms with Crippen LogP contribution in [0, 0.1) is 5.41 Å². The molecule has 0 fully saturated rings. The Morgan fingerprint density at radius 2 is 2.15 bits per heavy atom. The Labute approximate surface area is 124 Å². The summed E-state index contributed by atoms with van der Waals surface area (Å²) < 4.78 is 2.43. The molecule has 1 aliphatic carbocycles. The van der Waals surface area contributed by atoms with Crippen molar-refractivity contribution in [1.29, 1.82) is 0 Å². The third kappa shape index (κ3) is 3.44. The lowest BCUT2D eigenvalue weighted by Crippen LogP contribution is -2.31. The zero-order valence-corrected chi connectivity index (χ0v) is 13.8. The van der Waals surface area contributed by atoms with Crippen molar-refractivity contribution in [2.45, 2.75) is 65.6 Å². The van der Waals surface area contributed by atoms with Crippen molar-refractivity contribution in [3.8, 4) is 0 Å². The van der Waals surface area contributed by atoms with Gasteiger partial charge in [-0.3, -0.25) is 0 Å². The van der Waals surface area contributed by atoms with E-state index in [0.717, 1.165) is 25.9 Å². The maximum atomic E-state index is 6.33. The van der Waals surface area contributed by atoms with Gasteiger partial charge in [0.05, 0.1) is 0 Å². The highest BCUT2D eigenvalue weighted by molar-refractivity contribution is 5.30. The minimum atomic E-state index is 0.216. The molecule has 1 heterocycles. The fourth-order valence-electron chi connectivity index (χ4n) is 3.25. The number of hydrogen-bond donors (Lipinski definition) is 1. The monoisotopic (exact) mass is 277 g/mol. The highest BCUT2D eigenvalue weighted by Gasteiger charge is 2.32. The smallest absolute Gasteiger partial charge is 0.0318 e. The molecule has 0 saturated carbocycles. The first-order valence-corrected chi connectivity index (χ1v) is 7.94. The second-order valence-electron chi connectivity index (χ2n) is 7.49. The standard InChI is InChI=1S/C17H31N3/c1-13(2)19(5)8-6-9-20-10-7-14-15(18)11-17(3,4)12-16(14)20/h7,10,13,15H,6,8-9,11-12,18H2,1-5H3. The van der Waals surface area contributed by atoms with Gasteiger partial charge in [0.2, 0.25) is 0 Å². The molecule has 1 atom stereocenters. The van der Waals surface area contributed by atoms with Gasteiger partial charge >= 0.3 is 0 Å². The summed E-state index contributed by atoms with van der Waals surface area (Å²) in [5, 5.41) is 0. The number of rotatable bonds is 5. The Morgan fingerprint density at radius 3 is 2.80 bits per heavy atom. The predicted octanol–water partition coefficient (Wildman–Crippen LogP) is 3.19. The molecule has 0 spiro atoms. The van der Waals surface area contributed by atoms with E-state index in [0.29, 0.717) is 11.5 Å². The van der Waals surface area contributed by atoms with Gasteiger partial charge in [0.15, 0.2) is 0 Å². The summed E-state index contributed by atoms with van der Waals surface area (Å²) in [4.78, 5) is 2.41. The SMILES string of the molecule is CC(C)N(C)CCCn1ccc2c1CC(C)(C)CC2N. The van der Waals surface area contributed by atoms with E-state index in [2.05, 4.69) is 56.5 Å². The summed E-state index contributed by atoms with van der Waals surface area (Å²) in [6.07, 6.45) is 5.69. The minimum absolute atomic E-state index is 0.216. The summed E-state index contributed by atoms with van der Waals surface area (Å²) in [6.45, 7) is 11.4. The number of fused-ring (bicyclic) bond motifs is 1. The summed E-state index contributed by atoms with van der Waals surface area (Å²) >= 11 is 0. The molecular formula is C17H31N3. The van der Waals surface area contributed by atoms with E-state index < -0.39 is 0 Å². The molecule has 1 aromatic rings. The van der Waals surface area contributed by atoms with E-state index in [9.17, 15) is 0 Å². The van der Waals surface area contributed by atoms with Crippen LogP contribution < -0.4 is 5.73 Å².